The van der Waals surface area contributed by atoms with E-state index in [1.807, 2.05) is 7.05 Å². The van der Waals surface area contributed by atoms with Gasteiger partial charge in [-0.3, -0.25) is 4.79 Å². The van der Waals surface area contributed by atoms with Gasteiger partial charge in [-0.05, 0) is 18.7 Å². The van der Waals surface area contributed by atoms with Gasteiger partial charge in [-0.1, -0.05) is 18.2 Å². The first-order chi connectivity index (χ1) is 12.5. The zero-order chi connectivity index (χ0) is 18.6. The third-order valence-corrected chi connectivity index (χ3v) is 6.72. The van der Waals surface area contributed by atoms with E-state index < -0.39 is 16.1 Å². The summed E-state index contributed by atoms with van der Waals surface area (Å²) in [4.78, 5) is 14.6. The van der Waals surface area contributed by atoms with Crippen LogP contribution in [0.1, 0.15) is 5.56 Å². The Morgan fingerprint density at radius 3 is 2.69 bits per heavy atom. The second-order valence-electron chi connectivity index (χ2n) is 6.60. The molecule has 0 aromatic heterocycles. The maximum atomic E-state index is 13.0. The van der Waals surface area contributed by atoms with E-state index in [-0.39, 0.29) is 17.3 Å². The fourth-order valence-corrected chi connectivity index (χ4v) is 4.74. The topological polar surface area (TPSA) is 91.0 Å². The number of benzene rings is 1. The smallest absolute Gasteiger partial charge is 0.250 e. The molecule has 3 rings (SSSR count). The van der Waals surface area contributed by atoms with Gasteiger partial charge in [0.15, 0.2) is 0 Å². The van der Waals surface area contributed by atoms with Crippen LogP contribution >= 0.6 is 0 Å². The number of nitrogens with one attached hydrogen (secondary N) is 2. The van der Waals surface area contributed by atoms with Crippen molar-refractivity contribution >= 4 is 15.9 Å². The van der Waals surface area contributed by atoms with Gasteiger partial charge in [-0.25, -0.2) is 8.42 Å². The van der Waals surface area contributed by atoms with E-state index in [9.17, 15) is 13.2 Å². The fourth-order valence-electron chi connectivity index (χ4n) is 3.10. The number of nitrogens with zero attached hydrogens (tertiary/aromatic N) is 2. The van der Waals surface area contributed by atoms with E-state index >= 15 is 0 Å². The molecule has 1 aromatic carbocycles. The van der Waals surface area contributed by atoms with Gasteiger partial charge in [-0.15, -0.1) is 0 Å². The van der Waals surface area contributed by atoms with Crippen LogP contribution in [0.3, 0.4) is 0 Å². The highest BCUT2D eigenvalue weighted by molar-refractivity contribution is 7.89. The second-order valence-corrected chi connectivity index (χ2v) is 8.50. The van der Waals surface area contributed by atoms with Crippen molar-refractivity contribution in [2.24, 2.45) is 0 Å². The lowest BCUT2D eigenvalue weighted by molar-refractivity contribution is -0.134. The average Bonchev–Trinajstić information content (AvgIpc) is 2.67. The van der Waals surface area contributed by atoms with Gasteiger partial charge in [-0.2, -0.15) is 4.31 Å². The third kappa shape index (κ3) is 4.41. The monoisotopic (exact) mass is 382 g/mol. The molecule has 1 aromatic rings. The fraction of sp³-hybridized carbons (Fsp3) is 0.588. The predicted octanol–water partition coefficient (Wildman–Crippen LogP) is -0.773. The Hall–Kier alpha value is -1.52. The summed E-state index contributed by atoms with van der Waals surface area (Å²) in [6.07, 6.45) is -0.537. The molecule has 2 saturated heterocycles. The van der Waals surface area contributed by atoms with Gasteiger partial charge in [0.1, 0.15) is 6.10 Å². The molecule has 9 heteroatoms. The number of carbonyl (C=O) groups is 1. The molecule has 0 spiro atoms. The van der Waals surface area contributed by atoms with Crippen LogP contribution in [0, 0.1) is 0 Å². The normalized spacial score (nSPS) is 22.9. The van der Waals surface area contributed by atoms with Gasteiger partial charge in [0, 0.05) is 45.8 Å². The van der Waals surface area contributed by atoms with Gasteiger partial charge >= 0.3 is 0 Å². The molecule has 1 amide bonds. The van der Waals surface area contributed by atoms with Crippen molar-refractivity contribution in [2.45, 2.75) is 17.5 Å². The summed E-state index contributed by atoms with van der Waals surface area (Å²) in [6.45, 7) is 4.22. The van der Waals surface area contributed by atoms with Crippen molar-refractivity contribution in [3.63, 3.8) is 0 Å². The molecule has 2 fully saturated rings. The summed E-state index contributed by atoms with van der Waals surface area (Å²) < 4.78 is 33.0. The lowest BCUT2D eigenvalue weighted by atomic mass is 10.2. The molecule has 2 heterocycles. The minimum absolute atomic E-state index is 0.155. The third-order valence-electron chi connectivity index (χ3n) is 4.73. The quantitative estimate of drug-likeness (QED) is 0.695. The van der Waals surface area contributed by atoms with Crippen molar-refractivity contribution in [1.29, 1.82) is 0 Å². The van der Waals surface area contributed by atoms with E-state index in [2.05, 4.69) is 15.5 Å². The lowest BCUT2D eigenvalue weighted by Gasteiger charge is -2.32. The zero-order valence-corrected chi connectivity index (χ0v) is 15.8. The van der Waals surface area contributed by atoms with Crippen LogP contribution in [-0.4, -0.2) is 82.6 Å². The standard InChI is InChI=1S/C17H26N4O4S/c1-20-7-9-21(10-8-20)26(23,24)16-5-3-2-4-14(16)12-19-17(22)15-13-18-6-11-25-15/h2-5,15,18H,6-13H2,1H3,(H,19,22). The maximum absolute atomic E-state index is 13.0. The van der Waals surface area contributed by atoms with Crippen molar-refractivity contribution < 1.29 is 17.9 Å². The number of likely N-dealkylation sites (N-methyl/N-ethyl adjacent to an activating group) is 1. The number of morpholine rings is 1. The Labute approximate surface area is 154 Å². The summed E-state index contributed by atoms with van der Waals surface area (Å²) >= 11 is 0. The second kappa shape index (κ2) is 8.45. The van der Waals surface area contributed by atoms with Crippen molar-refractivity contribution in [3.8, 4) is 0 Å². The highest BCUT2D eigenvalue weighted by Gasteiger charge is 2.29. The number of hydrogen-bond donors (Lipinski definition) is 2. The van der Waals surface area contributed by atoms with Crippen molar-refractivity contribution in [2.75, 3.05) is 52.9 Å². The average molecular weight is 382 g/mol. The van der Waals surface area contributed by atoms with E-state index in [0.717, 1.165) is 6.54 Å². The Morgan fingerprint density at radius 2 is 2.00 bits per heavy atom. The van der Waals surface area contributed by atoms with Gasteiger partial charge in [0.25, 0.3) is 5.91 Å². The summed E-state index contributed by atoms with van der Waals surface area (Å²) in [5.41, 5.74) is 0.587. The first-order valence-electron chi connectivity index (χ1n) is 8.85. The minimum atomic E-state index is -3.58. The van der Waals surface area contributed by atoms with E-state index in [4.69, 9.17) is 4.74 Å². The number of ether oxygens (including phenoxy) is 1. The van der Waals surface area contributed by atoms with E-state index in [1.54, 1.807) is 24.3 Å². The SMILES string of the molecule is CN1CCN(S(=O)(=O)c2ccccc2CNC(=O)C2CNCCO2)CC1. The first kappa shape index (κ1) is 19.2. The number of sulfonamides is 1. The molecule has 2 N–H and O–H groups in total. The molecular formula is C17H26N4O4S. The highest BCUT2D eigenvalue weighted by atomic mass is 32.2. The minimum Gasteiger partial charge on any atom is -0.366 e. The predicted molar refractivity (Wildman–Crippen MR) is 97.2 cm³/mol. The number of piperazine rings is 1. The molecule has 1 unspecified atom stereocenters. The van der Waals surface area contributed by atoms with Crippen molar-refractivity contribution in [1.82, 2.24) is 19.8 Å². The van der Waals surface area contributed by atoms with Crippen LogP contribution in [0.5, 0.6) is 0 Å². The zero-order valence-electron chi connectivity index (χ0n) is 15.0. The Kier molecular flexibility index (Phi) is 6.25. The molecule has 0 radical (unpaired) electrons. The van der Waals surface area contributed by atoms with Gasteiger partial charge < -0.3 is 20.3 Å². The number of amides is 1. The largest absolute Gasteiger partial charge is 0.366 e. The van der Waals surface area contributed by atoms with Gasteiger partial charge in [0.05, 0.1) is 11.5 Å². The Bertz CT molecular complexity index is 726. The molecule has 2 aliphatic heterocycles. The van der Waals surface area contributed by atoms with Gasteiger partial charge in [0.2, 0.25) is 10.0 Å². The highest BCUT2D eigenvalue weighted by Crippen LogP contribution is 2.21. The van der Waals surface area contributed by atoms with E-state index in [1.165, 1.54) is 4.31 Å². The maximum Gasteiger partial charge on any atom is 0.250 e. The van der Waals surface area contributed by atoms with Crippen LogP contribution in [0.15, 0.2) is 29.2 Å². The molecular weight excluding hydrogens is 356 g/mol. The Morgan fingerprint density at radius 1 is 1.27 bits per heavy atom. The first-order valence-corrected chi connectivity index (χ1v) is 10.3. The Balaban J connectivity index is 1.70. The number of hydrogen-bond acceptors (Lipinski definition) is 6. The van der Waals surface area contributed by atoms with Crippen LogP contribution < -0.4 is 10.6 Å². The molecule has 26 heavy (non-hydrogen) atoms. The molecule has 2 aliphatic rings. The van der Waals surface area contributed by atoms with Crippen LogP contribution in [-0.2, 0) is 26.1 Å². The molecule has 0 bridgehead atoms. The van der Waals surface area contributed by atoms with Crippen LogP contribution in [0.4, 0.5) is 0 Å². The van der Waals surface area contributed by atoms with E-state index in [0.29, 0.717) is 44.9 Å². The summed E-state index contributed by atoms with van der Waals surface area (Å²) in [5, 5.41) is 5.90. The summed E-state index contributed by atoms with van der Waals surface area (Å²) in [7, 11) is -1.60. The number of rotatable bonds is 5. The van der Waals surface area contributed by atoms with Crippen LogP contribution in [0.25, 0.3) is 0 Å². The molecule has 0 saturated carbocycles. The molecule has 144 valence electrons. The molecule has 1 atom stereocenters. The summed E-state index contributed by atoms with van der Waals surface area (Å²) in [6, 6.07) is 6.84. The summed E-state index contributed by atoms with van der Waals surface area (Å²) in [5.74, 6) is -0.232. The van der Waals surface area contributed by atoms with Crippen molar-refractivity contribution in [3.05, 3.63) is 29.8 Å². The molecule has 0 aliphatic carbocycles. The lowest BCUT2D eigenvalue weighted by Crippen LogP contribution is -2.48. The van der Waals surface area contributed by atoms with Crippen LogP contribution in [0.2, 0.25) is 0 Å². The number of carbonyl (C=O) groups excluding carboxylic acids is 1. The molecule has 8 nitrogen and oxygen atoms in total.